The second-order valence-electron chi connectivity index (χ2n) is 6.84. The number of rotatable bonds is 6. The van der Waals surface area contributed by atoms with Crippen LogP contribution in [-0.2, 0) is 9.84 Å². The van der Waals surface area contributed by atoms with Crippen molar-refractivity contribution >= 4 is 27.4 Å². The van der Waals surface area contributed by atoms with E-state index in [2.05, 4.69) is 0 Å². The zero-order chi connectivity index (χ0) is 20.3. The molecule has 1 saturated heterocycles. The molecule has 2 aromatic carbocycles. The average molecular weight is 424 g/mol. The van der Waals surface area contributed by atoms with Crippen LogP contribution in [0, 0.1) is 6.92 Å². The first-order valence-corrected chi connectivity index (χ1v) is 11.1. The SMILES string of the molecule is Cc1ccc(-c2ccc(OCCN3CCS(=O)(=O)CC3)c(C(=O)O)c2)c(Cl)c1. The minimum Gasteiger partial charge on any atom is -0.491 e. The third-order valence-electron chi connectivity index (χ3n) is 4.75. The van der Waals surface area contributed by atoms with Gasteiger partial charge in [-0.15, -0.1) is 0 Å². The fraction of sp³-hybridized carbons (Fsp3) is 0.350. The highest BCUT2D eigenvalue weighted by Crippen LogP contribution is 2.32. The van der Waals surface area contributed by atoms with Crippen LogP contribution in [-0.4, -0.2) is 62.1 Å². The van der Waals surface area contributed by atoms with E-state index in [-0.39, 0.29) is 29.4 Å². The third kappa shape index (κ3) is 5.04. The number of ether oxygens (including phenoxy) is 1. The van der Waals surface area contributed by atoms with Crippen LogP contribution in [0.1, 0.15) is 15.9 Å². The molecule has 1 heterocycles. The summed E-state index contributed by atoms with van der Waals surface area (Å²) in [5.41, 5.74) is 2.56. The predicted octanol–water partition coefficient (Wildman–Crippen LogP) is 3.12. The van der Waals surface area contributed by atoms with Gasteiger partial charge < -0.3 is 9.84 Å². The normalized spacial score (nSPS) is 16.6. The Labute approximate surface area is 169 Å². The topological polar surface area (TPSA) is 83.9 Å². The Balaban J connectivity index is 1.70. The van der Waals surface area contributed by atoms with Gasteiger partial charge in [0.1, 0.15) is 17.9 Å². The van der Waals surface area contributed by atoms with Crippen LogP contribution in [0.15, 0.2) is 36.4 Å². The molecule has 6 nitrogen and oxygen atoms in total. The van der Waals surface area contributed by atoms with Crippen LogP contribution < -0.4 is 4.74 Å². The fourth-order valence-corrected chi connectivity index (χ4v) is 4.72. The smallest absolute Gasteiger partial charge is 0.339 e. The molecule has 0 amide bonds. The summed E-state index contributed by atoms with van der Waals surface area (Å²) in [4.78, 5) is 13.7. The van der Waals surface area contributed by atoms with Crippen molar-refractivity contribution in [2.75, 3.05) is 37.7 Å². The molecule has 28 heavy (non-hydrogen) atoms. The zero-order valence-electron chi connectivity index (χ0n) is 15.5. The maximum absolute atomic E-state index is 11.7. The Bertz CT molecular complexity index is 976. The lowest BCUT2D eigenvalue weighted by Gasteiger charge is -2.26. The molecule has 3 rings (SSSR count). The van der Waals surface area contributed by atoms with Gasteiger partial charge in [0.25, 0.3) is 0 Å². The molecule has 1 N–H and O–H groups in total. The van der Waals surface area contributed by atoms with Gasteiger partial charge in [-0.25, -0.2) is 13.2 Å². The molecule has 1 fully saturated rings. The Hall–Kier alpha value is -2.09. The Morgan fingerprint density at radius 1 is 1.18 bits per heavy atom. The number of carboxylic acid groups (broad SMARTS) is 1. The standard InChI is InChI=1S/C20H22ClNO5S/c1-14-2-4-16(18(21)12-14)15-3-5-19(17(13-15)20(23)24)27-9-6-22-7-10-28(25,26)11-8-22/h2-5,12-13H,6-11H2,1H3,(H,23,24). The van der Waals surface area contributed by atoms with Gasteiger partial charge in [-0.1, -0.05) is 29.8 Å². The first-order chi connectivity index (χ1) is 13.2. The van der Waals surface area contributed by atoms with Crippen molar-refractivity contribution in [3.8, 4) is 16.9 Å². The molecular weight excluding hydrogens is 402 g/mol. The van der Waals surface area contributed by atoms with Gasteiger partial charge in [0.15, 0.2) is 9.84 Å². The summed E-state index contributed by atoms with van der Waals surface area (Å²) in [7, 11) is -2.92. The quantitative estimate of drug-likeness (QED) is 0.768. The lowest BCUT2D eigenvalue weighted by atomic mass is 10.0. The monoisotopic (exact) mass is 423 g/mol. The van der Waals surface area contributed by atoms with Crippen molar-refractivity contribution in [1.82, 2.24) is 4.90 Å². The molecule has 1 aliphatic heterocycles. The molecule has 0 bridgehead atoms. The first kappa shape index (κ1) is 20.6. The number of aromatic carboxylic acids is 1. The van der Waals surface area contributed by atoms with E-state index in [1.165, 1.54) is 0 Å². The minimum absolute atomic E-state index is 0.0652. The van der Waals surface area contributed by atoms with E-state index in [0.29, 0.717) is 30.2 Å². The van der Waals surface area contributed by atoms with Crippen molar-refractivity contribution < 1.29 is 23.1 Å². The van der Waals surface area contributed by atoms with E-state index in [1.54, 1.807) is 18.2 Å². The van der Waals surface area contributed by atoms with E-state index < -0.39 is 15.8 Å². The number of carboxylic acids is 1. The van der Waals surface area contributed by atoms with Crippen molar-refractivity contribution in [3.63, 3.8) is 0 Å². The maximum Gasteiger partial charge on any atom is 0.339 e. The van der Waals surface area contributed by atoms with E-state index in [9.17, 15) is 18.3 Å². The highest BCUT2D eigenvalue weighted by Gasteiger charge is 2.21. The number of halogens is 1. The number of nitrogens with zero attached hydrogens (tertiary/aromatic N) is 1. The number of hydrogen-bond donors (Lipinski definition) is 1. The second kappa shape index (κ2) is 8.51. The molecule has 150 valence electrons. The number of sulfone groups is 1. The molecule has 0 atom stereocenters. The molecule has 0 radical (unpaired) electrons. The minimum atomic E-state index is -2.92. The van der Waals surface area contributed by atoms with Gasteiger partial charge in [0, 0.05) is 30.2 Å². The van der Waals surface area contributed by atoms with E-state index >= 15 is 0 Å². The predicted molar refractivity (Wildman–Crippen MR) is 109 cm³/mol. The molecule has 0 aromatic heterocycles. The Kier molecular flexibility index (Phi) is 6.27. The van der Waals surface area contributed by atoms with Gasteiger partial charge in [-0.2, -0.15) is 0 Å². The van der Waals surface area contributed by atoms with Gasteiger partial charge in [0.05, 0.1) is 11.5 Å². The summed E-state index contributed by atoms with van der Waals surface area (Å²) in [5, 5.41) is 10.1. The summed E-state index contributed by atoms with van der Waals surface area (Å²) >= 11 is 6.30. The van der Waals surface area contributed by atoms with Crippen LogP contribution >= 0.6 is 11.6 Å². The number of benzene rings is 2. The van der Waals surface area contributed by atoms with Crippen molar-refractivity contribution in [3.05, 3.63) is 52.5 Å². The van der Waals surface area contributed by atoms with Crippen molar-refractivity contribution in [2.24, 2.45) is 0 Å². The van der Waals surface area contributed by atoms with E-state index in [1.807, 2.05) is 30.0 Å². The van der Waals surface area contributed by atoms with Crippen molar-refractivity contribution in [1.29, 1.82) is 0 Å². The van der Waals surface area contributed by atoms with E-state index in [4.69, 9.17) is 16.3 Å². The largest absolute Gasteiger partial charge is 0.491 e. The number of hydrogen-bond acceptors (Lipinski definition) is 5. The van der Waals surface area contributed by atoms with Crippen LogP contribution in [0.2, 0.25) is 5.02 Å². The lowest BCUT2D eigenvalue weighted by molar-refractivity contribution is 0.0691. The highest BCUT2D eigenvalue weighted by molar-refractivity contribution is 7.91. The Morgan fingerprint density at radius 2 is 1.89 bits per heavy atom. The van der Waals surface area contributed by atoms with Gasteiger partial charge >= 0.3 is 5.97 Å². The lowest BCUT2D eigenvalue weighted by Crippen LogP contribution is -2.42. The van der Waals surface area contributed by atoms with Gasteiger partial charge in [-0.3, -0.25) is 4.90 Å². The zero-order valence-corrected chi connectivity index (χ0v) is 17.1. The molecule has 2 aromatic rings. The third-order valence-corrected chi connectivity index (χ3v) is 6.67. The molecule has 0 saturated carbocycles. The van der Waals surface area contributed by atoms with Crippen LogP contribution in [0.5, 0.6) is 5.75 Å². The molecular formula is C20H22ClNO5S. The summed E-state index contributed by atoms with van der Waals surface area (Å²) in [6.07, 6.45) is 0. The molecule has 1 aliphatic rings. The fourth-order valence-electron chi connectivity index (χ4n) is 3.10. The molecule has 0 aliphatic carbocycles. The van der Waals surface area contributed by atoms with Crippen LogP contribution in [0.4, 0.5) is 0 Å². The van der Waals surface area contributed by atoms with Gasteiger partial charge in [-0.05, 0) is 36.2 Å². The summed E-state index contributed by atoms with van der Waals surface area (Å²) < 4.78 is 28.6. The Morgan fingerprint density at radius 3 is 2.54 bits per heavy atom. The summed E-state index contributed by atoms with van der Waals surface area (Å²) in [5.74, 6) is -0.494. The van der Waals surface area contributed by atoms with Gasteiger partial charge in [0.2, 0.25) is 0 Å². The molecule has 0 spiro atoms. The van der Waals surface area contributed by atoms with Crippen molar-refractivity contribution in [2.45, 2.75) is 6.92 Å². The summed E-state index contributed by atoms with van der Waals surface area (Å²) in [6, 6.07) is 10.6. The summed E-state index contributed by atoms with van der Waals surface area (Å²) in [6.45, 7) is 3.71. The highest BCUT2D eigenvalue weighted by atomic mass is 35.5. The first-order valence-electron chi connectivity index (χ1n) is 8.94. The maximum atomic E-state index is 11.7. The van der Waals surface area contributed by atoms with E-state index in [0.717, 1.165) is 11.1 Å². The van der Waals surface area contributed by atoms with Crippen LogP contribution in [0.3, 0.4) is 0 Å². The average Bonchev–Trinajstić information content (AvgIpc) is 2.63. The molecule has 0 unspecified atom stereocenters. The number of carbonyl (C=O) groups is 1. The second-order valence-corrected chi connectivity index (χ2v) is 9.55. The number of aryl methyl sites for hydroxylation is 1. The molecule has 8 heteroatoms. The van der Waals surface area contributed by atoms with Crippen LogP contribution in [0.25, 0.3) is 11.1 Å².